The first-order valence-corrected chi connectivity index (χ1v) is 10.0. The number of nitrogens with zero attached hydrogens (tertiary/aromatic N) is 3. The third-order valence-corrected chi connectivity index (χ3v) is 6.11. The highest BCUT2D eigenvalue weighted by molar-refractivity contribution is 5.99. The third-order valence-electron chi connectivity index (χ3n) is 6.11. The second-order valence-electron chi connectivity index (χ2n) is 7.79. The molecule has 0 aromatic heterocycles. The van der Waals surface area contributed by atoms with Gasteiger partial charge in [0.1, 0.15) is 0 Å². The number of halogens is 1. The number of hydrogen-bond acceptors (Lipinski definition) is 4. The largest absolute Gasteiger partial charge is 0.480 e. The molecular formula is C21H32ClN3O3. The number of carbonyl (C=O) groups excluding carboxylic acids is 1. The SMILES string of the molecule is CCN(CC(=O)O)C1CCN(C(C)C(=O)N2c3ccccc3CC2C)CC1.Cl. The van der Waals surface area contributed by atoms with Crippen molar-refractivity contribution in [1.82, 2.24) is 9.80 Å². The summed E-state index contributed by atoms with van der Waals surface area (Å²) in [5.74, 6) is -0.603. The molecule has 1 N–H and O–H groups in total. The fourth-order valence-electron chi connectivity index (χ4n) is 4.57. The minimum absolute atomic E-state index is 0. The zero-order valence-electron chi connectivity index (χ0n) is 17.0. The van der Waals surface area contributed by atoms with Crippen LogP contribution in [0.4, 0.5) is 5.69 Å². The zero-order valence-corrected chi connectivity index (χ0v) is 17.8. The van der Waals surface area contributed by atoms with Crippen LogP contribution in [0.5, 0.6) is 0 Å². The van der Waals surface area contributed by atoms with Gasteiger partial charge in [-0.15, -0.1) is 12.4 Å². The van der Waals surface area contributed by atoms with Gasteiger partial charge in [0.15, 0.2) is 0 Å². The van der Waals surface area contributed by atoms with E-state index in [9.17, 15) is 9.59 Å². The van der Waals surface area contributed by atoms with Crippen LogP contribution in [0.1, 0.15) is 39.2 Å². The van der Waals surface area contributed by atoms with Gasteiger partial charge in [-0.05, 0) is 51.3 Å². The van der Waals surface area contributed by atoms with Gasteiger partial charge < -0.3 is 10.0 Å². The minimum atomic E-state index is -0.774. The second-order valence-corrected chi connectivity index (χ2v) is 7.79. The minimum Gasteiger partial charge on any atom is -0.480 e. The Bertz CT molecular complexity index is 691. The second kappa shape index (κ2) is 9.72. The Kier molecular flexibility index (Phi) is 7.87. The number of rotatable bonds is 6. The molecule has 2 aliphatic heterocycles. The van der Waals surface area contributed by atoms with Gasteiger partial charge >= 0.3 is 5.97 Å². The Labute approximate surface area is 173 Å². The molecule has 1 fully saturated rings. The Morgan fingerprint density at radius 3 is 2.50 bits per heavy atom. The summed E-state index contributed by atoms with van der Waals surface area (Å²) in [4.78, 5) is 30.5. The molecule has 156 valence electrons. The van der Waals surface area contributed by atoms with E-state index in [0.29, 0.717) is 0 Å². The van der Waals surface area contributed by atoms with Crippen molar-refractivity contribution in [1.29, 1.82) is 0 Å². The summed E-state index contributed by atoms with van der Waals surface area (Å²) >= 11 is 0. The molecule has 1 saturated heterocycles. The number of amides is 1. The molecule has 0 spiro atoms. The van der Waals surface area contributed by atoms with Crippen molar-refractivity contribution < 1.29 is 14.7 Å². The van der Waals surface area contributed by atoms with Gasteiger partial charge in [-0.1, -0.05) is 25.1 Å². The Morgan fingerprint density at radius 2 is 1.89 bits per heavy atom. The highest BCUT2D eigenvalue weighted by Crippen LogP contribution is 2.33. The predicted octanol–water partition coefficient (Wildman–Crippen LogP) is 2.65. The van der Waals surface area contributed by atoms with Crippen molar-refractivity contribution in [2.75, 3.05) is 31.1 Å². The van der Waals surface area contributed by atoms with Gasteiger partial charge in [0.2, 0.25) is 5.91 Å². The van der Waals surface area contributed by atoms with E-state index in [4.69, 9.17) is 5.11 Å². The number of likely N-dealkylation sites (tertiary alicyclic amines) is 1. The summed E-state index contributed by atoms with van der Waals surface area (Å²) in [5.41, 5.74) is 2.30. The van der Waals surface area contributed by atoms with E-state index in [1.807, 2.05) is 41.8 Å². The normalized spacial score (nSPS) is 21.3. The zero-order chi connectivity index (χ0) is 19.6. The molecule has 0 radical (unpaired) electrons. The number of carbonyl (C=O) groups is 2. The molecule has 2 atom stereocenters. The van der Waals surface area contributed by atoms with Crippen LogP contribution in [0, 0.1) is 0 Å². The first-order valence-electron chi connectivity index (χ1n) is 10.0. The van der Waals surface area contributed by atoms with Gasteiger partial charge in [-0.2, -0.15) is 0 Å². The summed E-state index contributed by atoms with van der Waals surface area (Å²) in [6.45, 7) is 8.63. The maximum Gasteiger partial charge on any atom is 0.317 e. The molecule has 2 aliphatic rings. The van der Waals surface area contributed by atoms with Crippen LogP contribution in [0.25, 0.3) is 0 Å². The number of hydrogen-bond donors (Lipinski definition) is 1. The Morgan fingerprint density at radius 1 is 1.25 bits per heavy atom. The number of fused-ring (bicyclic) bond motifs is 1. The van der Waals surface area contributed by atoms with Crippen LogP contribution < -0.4 is 4.90 Å². The lowest BCUT2D eigenvalue weighted by Gasteiger charge is -2.40. The molecule has 28 heavy (non-hydrogen) atoms. The Hall–Kier alpha value is -1.63. The molecule has 1 amide bonds. The van der Waals surface area contributed by atoms with Gasteiger partial charge in [0.25, 0.3) is 0 Å². The van der Waals surface area contributed by atoms with Crippen LogP contribution in [0.3, 0.4) is 0 Å². The van der Waals surface area contributed by atoms with Crippen LogP contribution in [0.2, 0.25) is 0 Å². The summed E-state index contributed by atoms with van der Waals surface area (Å²) in [6.07, 6.45) is 2.73. The number of carboxylic acid groups (broad SMARTS) is 1. The smallest absolute Gasteiger partial charge is 0.317 e. The maximum absolute atomic E-state index is 13.2. The van der Waals surface area contributed by atoms with E-state index in [1.165, 1.54) is 5.56 Å². The predicted molar refractivity (Wildman–Crippen MR) is 113 cm³/mol. The van der Waals surface area contributed by atoms with Crippen LogP contribution >= 0.6 is 12.4 Å². The van der Waals surface area contributed by atoms with Crippen molar-refractivity contribution in [2.45, 2.75) is 58.2 Å². The third kappa shape index (κ3) is 4.67. The lowest BCUT2D eigenvalue weighted by atomic mass is 10.0. The molecule has 7 heteroatoms. The molecule has 0 aliphatic carbocycles. The lowest BCUT2D eigenvalue weighted by molar-refractivity contribution is -0.139. The molecular weight excluding hydrogens is 378 g/mol. The number of aliphatic carboxylic acids is 1. The number of likely N-dealkylation sites (N-methyl/N-ethyl adjacent to an activating group) is 1. The maximum atomic E-state index is 13.2. The molecule has 1 aromatic carbocycles. The number of para-hydroxylation sites is 1. The number of anilines is 1. The monoisotopic (exact) mass is 409 g/mol. The van der Waals surface area contributed by atoms with Gasteiger partial charge in [-0.3, -0.25) is 19.4 Å². The summed E-state index contributed by atoms with van der Waals surface area (Å²) in [5, 5.41) is 9.08. The quantitative estimate of drug-likeness (QED) is 0.782. The molecule has 2 heterocycles. The van der Waals surface area contributed by atoms with Crippen LogP contribution in [0.15, 0.2) is 24.3 Å². The Balaban J connectivity index is 0.00000280. The highest BCUT2D eigenvalue weighted by atomic mass is 35.5. The summed E-state index contributed by atoms with van der Waals surface area (Å²) < 4.78 is 0. The van der Waals surface area contributed by atoms with Crippen molar-refractivity contribution >= 4 is 30.0 Å². The summed E-state index contributed by atoms with van der Waals surface area (Å²) in [6, 6.07) is 8.50. The first-order chi connectivity index (χ1) is 12.9. The number of piperidine rings is 1. The van der Waals surface area contributed by atoms with E-state index in [2.05, 4.69) is 17.9 Å². The average Bonchev–Trinajstić information content (AvgIpc) is 3.00. The molecule has 0 saturated carbocycles. The topological polar surface area (TPSA) is 64.1 Å². The lowest BCUT2D eigenvalue weighted by Crippen LogP contribution is -2.54. The van der Waals surface area contributed by atoms with Crippen molar-refractivity contribution in [2.24, 2.45) is 0 Å². The number of carboxylic acids is 1. The van der Waals surface area contributed by atoms with Crippen LogP contribution in [-0.2, 0) is 16.0 Å². The molecule has 6 nitrogen and oxygen atoms in total. The molecule has 0 bridgehead atoms. The average molecular weight is 410 g/mol. The molecule has 2 unspecified atom stereocenters. The first kappa shape index (κ1) is 22.7. The van der Waals surface area contributed by atoms with E-state index >= 15 is 0 Å². The van der Waals surface area contributed by atoms with E-state index in [1.54, 1.807) is 0 Å². The fraction of sp³-hybridized carbons (Fsp3) is 0.619. The highest BCUT2D eigenvalue weighted by Gasteiger charge is 2.36. The summed E-state index contributed by atoms with van der Waals surface area (Å²) in [7, 11) is 0. The van der Waals surface area contributed by atoms with Crippen molar-refractivity contribution in [3.63, 3.8) is 0 Å². The van der Waals surface area contributed by atoms with E-state index < -0.39 is 5.97 Å². The van der Waals surface area contributed by atoms with Gasteiger partial charge in [-0.25, -0.2) is 0 Å². The molecule has 3 rings (SSSR count). The van der Waals surface area contributed by atoms with Gasteiger partial charge in [0.05, 0.1) is 12.6 Å². The van der Waals surface area contributed by atoms with Crippen molar-refractivity contribution in [3.05, 3.63) is 29.8 Å². The number of benzene rings is 1. The standard InChI is InChI=1S/C21H31N3O3.ClH/c1-4-22(14-20(25)26)18-9-11-23(12-10-18)16(3)21(27)24-15(2)13-17-7-5-6-8-19(17)24;/h5-8,15-16,18H,4,9-14H2,1-3H3,(H,25,26);1H. The van der Waals surface area contributed by atoms with E-state index in [-0.39, 0.29) is 43.0 Å². The molecule has 1 aromatic rings. The van der Waals surface area contributed by atoms with Crippen LogP contribution in [-0.4, -0.2) is 71.1 Å². The van der Waals surface area contributed by atoms with Crippen molar-refractivity contribution in [3.8, 4) is 0 Å². The van der Waals surface area contributed by atoms with E-state index in [0.717, 1.165) is 44.6 Å². The van der Waals surface area contributed by atoms with Gasteiger partial charge in [0, 0.05) is 30.9 Å². The fourth-order valence-corrected chi connectivity index (χ4v) is 4.57.